The second kappa shape index (κ2) is 7.78. The molecule has 0 saturated carbocycles. The second-order valence-electron chi connectivity index (χ2n) is 6.20. The first-order chi connectivity index (χ1) is 13.6. The zero-order chi connectivity index (χ0) is 19.5. The molecule has 28 heavy (non-hydrogen) atoms. The number of pyridine rings is 1. The van der Waals surface area contributed by atoms with E-state index in [2.05, 4.69) is 25.9 Å². The molecule has 0 fully saturated rings. The molecule has 0 spiro atoms. The second-order valence-corrected chi connectivity index (χ2v) is 7.12. The summed E-state index contributed by atoms with van der Waals surface area (Å²) in [6.45, 7) is 0. The molecule has 4 aromatic rings. The van der Waals surface area contributed by atoms with Crippen LogP contribution < -0.4 is 0 Å². The van der Waals surface area contributed by atoms with Gasteiger partial charge in [0.05, 0.1) is 5.56 Å². The lowest BCUT2D eigenvalue weighted by Gasteiger charge is -2.17. The SMILES string of the molecule is O=C(OC(C(=O)c1c[nH]c2ccccc12)c1ccccc1)c1cncc(Br)c1. The van der Waals surface area contributed by atoms with Gasteiger partial charge in [0.25, 0.3) is 0 Å². The Labute approximate surface area is 169 Å². The summed E-state index contributed by atoms with van der Waals surface area (Å²) in [5.74, 6) is -0.907. The van der Waals surface area contributed by atoms with Crippen molar-refractivity contribution in [3.63, 3.8) is 0 Å². The number of H-pyrrole nitrogens is 1. The molecule has 2 aromatic heterocycles. The number of hydrogen-bond acceptors (Lipinski definition) is 4. The zero-order valence-electron chi connectivity index (χ0n) is 14.6. The Hall–Kier alpha value is -3.25. The Balaban J connectivity index is 1.72. The number of carbonyl (C=O) groups is 2. The number of carbonyl (C=O) groups excluding carboxylic acids is 2. The topological polar surface area (TPSA) is 72.1 Å². The largest absolute Gasteiger partial charge is 0.445 e. The van der Waals surface area contributed by atoms with Crippen molar-refractivity contribution >= 4 is 38.6 Å². The van der Waals surface area contributed by atoms with E-state index < -0.39 is 12.1 Å². The van der Waals surface area contributed by atoms with Gasteiger partial charge in [-0.25, -0.2) is 4.79 Å². The smallest absolute Gasteiger partial charge is 0.340 e. The van der Waals surface area contributed by atoms with Gasteiger partial charge in [0.1, 0.15) is 0 Å². The maximum Gasteiger partial charge on any atom is 0.340 e. The Morgan fingerprint density at radius 3 is 2.54 bits per heavy atom. The fraction of sp³-hybridized carbons (Fsp3) is 0.0455. The summed E-state index contributed by atoms with van der Waals surface area (Å²) < 4.78 is 6.30. The molecule has 0 aliphatic carbocycles. The van der Waals surface area contributed by atoms with Gasteiger partial charge in [-0.15, -0.1) is 0 Å². The van der Waals surface area contributed by atoms with E-state index in [1.807, 2.05) is 30.3 Å². The molecule has 2 aromatic carbocycles. The molecule has 1 atom stereocenters. The minimum atomic E-state index is -1.06. The van der Waals surface area contributed by atoms with Crippen LogP contribution >= 0.6 is 15.9 Å². The van der Waals surface area contributed by atoms with Crippen LogP contribution in [0.1, 0.15) is 32.4 Å². The number of esters is 1. The van der Waals surface area contributed by atoms with Crippen LogP contribution in [0.25, 0.3) is 10.9 Å². The lowest BCUT2D eigenvalue weighted by Crippen LogP contribution is -2.20. The Bertz CT molecular complexity index is 1150. The first-order valence-corrected chi connectivity index (χ1v) is 9.39. The molecule has 6 heteroatoms. The third-order valence-corrected chi connectivity index (χ3v) is 4.79. The molecule has 4 rings (SSSR count). The number of hydrogen-bond donors (Lipinski definition) is 1. The molecular weight excluding hydrogens is 420 g/mol. The minimum Gasteiger partial charge on any atom is -0.445 e. The fourth-order valence-corrected chi connectivity index (χ4v) is 3.38. The van der Waals surface area contributed by atoms with Crippen LogP contribution in [-0.2, 0) is 4.74 Å². The van der Waals surface area contributed by atoms with E-state index in [4.69, 9.17) is 4.74 Å². The third-order valence-electron chi connectivity index (χ3n) is 4.36. The van der Waals surface area contributed by atoms with Gasteiger partial charge in [0.2, 0.25) is 5.78 Å². The predicted molar refractivity (Wildman–Crippen MR) is 109 cm³/mol. The van der Waals surface area contributed by atoms with Gasteiger partial charge in [-0.1, -0.05) is 48.5 Å². The van der Waals surface area contributed by atoms with E-state index in [9.17, 15) is 9.59 Å². The van der Waals surface area contributed by atoms with Crippen LogP contribution in [0, 0.1) is 0 Å². The number of nitrogens with zero attached hydrogens (tertiary/aromatic N) is 1. The van der Waals surface area contributed by atoms with Gasteiger partial charge in [-0.05, 0) is 28.1 Å². The highest BCUT2D eigenvalue weighted by Crippen LogP contribution is 2.28. The van der Waals surface area contributed by atoms with Crippen LogP contribution in [0.3, 0.4) is 0 Å². The van der Waals surface area contributed by atoms with Crippen LogP contribution in [-0.4, -0.2) is 21.7 Å². The molecule has 2 heterocycles. The molecule has 0 amide bonds. The number of ketones is 1. The Kier molecular flexibility index (Phi) is 5.04. The first kappa shape index (κ1) is 18.1. The summed E-state index contributed by atoms with van der Waals surface area (Å²) in [7, 11) is 0. The van der Waals surface area contributed by atoms with Crippen LogP contribution in [0.2, 0.25) is 0 Å². The molecule has 0 aliphatic heterocycles. The van der Waals surface area contributed by atoms with Crippen LogP contribution in [0.5, 0.6) is 0 Å². The predicted octanol–water partition coefficient (Wildman–Crippen LogP) is 5.11. The highest BCUT2D eigenvalue weighted by molar-refractivity contribution is 9.10. The van der Waals surface area contributed by atoms with Gasteiger partial charge in [-0.2, -0.15) is 0 Å². The van der Waals surface area contributed by atoms with E-state index in [-0.39, 0.29) is 11.3 Å². The average molecular weight is 435 g/mol. The van der Waals surface area contributed by atoms with Crippen molar-refractivity contribution in [2.24, 2.45) is 0 Å². The lowest BCUT2D eigenvalue weighted by molar-refractivity contribution is 0.0280. The highest BCUT2D eigenvalue weighted by atomic mass is 79.9. The minimum absolute atomic E-state index is 0.266. The molecule has 1 unspecified atom stereocenters. The average Bonchev–Trinajstić information content (AvgIpc) is 3.16. The van der Waals surface area contributed by atoms with Crippen LogP contribution in [0.15, 0.2) is 83.7 Å². The summed E-state index contributed by atoms with van der Waals surface area (Å²) in [6, 6.07) is 18.1. The highest BCUT2D eigenvalue weighted by Gasteiger charge is 2.28. The van der Waals surface area contributed by atoms with E-state index >= 15 is 0 Å². The van der Waals surface area contributed by atoms with Gasteiger partial charge in [0, 0.05) is 45.1 Å². The van der Waals surface area contributed by atoms with Gasteiger partial charge >= 0.3 is 5.97 Å². The number of fused-ring (bicyclic) bond motifs is 1. The summed E-state index contributed by atoms with van der Waals surface area (Å²) in [5, 5.41) is 0.786. The number of rotatable bonds is 5. The van der Waals surface area contributed by atoms with Crippen molar-refractivity contribution in [1.82, 2.24) is 9.97 Å². The van der Waals surface area contributed by atoms with Crippen molar-refractivity contribution in [2.75, 3.05) is 0 Å². The van der Waals surface area contributed by atoms with Crippen molar-refractivity contribution in [3.05, 3.63) is 100 Å². The molecule has 1 N–H and O–H groups in total. The number of Topliss-reactive ketones (excluding diaryl/α,β-unsaturated/α-hetero) is 1. The van der Waals surface area contributed by atoms with Crippen molar-refractivity contribution in [3.8, 4) is 0 Å². The summed E-state index contributed by atoms with van der Waals surface area (Å²) in [6.07, 6.45) is 3.57. The van der Waals surface area contributed by atoms with E-state index in [0.29, 0.717) is 15.6 Å². The number of aromatic nitrogens is 2. The monoisotopic (exact) mass is 434 g/mol. The lowest BCUT2D eigenvalue weighted by atomic mass is 9.99. The molecule has 5 nitrogen and oxygen atoms in total. The maximum absolute atomic E-state index is 13.3. The van der Waals surface area contributed by atoms with Gasteiger partial charge in [-0.3, -0.25) is 9.78 Å². The quantitative estimate of drug-likeness (QED) is 0.350. The standard InChI is InChI=1S/C22H15BrN2O3/c23-16-10-15(11-24-12-16)22(27)28-21(14-6-2-1-3-7-14)20(26)18-13-25-19-9-5-4-8-17(18)19/h1-13,21,25H. The Morgan fingerprint density at radius 1 is 1.00 bits per heavy atom. The van der Waals surface area contributed by atoms with Gasteiger partial charge < -0.3 is 9.72 Å². The summed E-state index contributed by atoms with van der Waals surface area (Å²) in [4.78, 5) is 33.1. The number of aromatic amines is 1. The van der Waals surface area contributed by atoms with Crippen molar-refractivity contribution in [1.29, 1.82) is 0 Å². The number of benzene rings is 2. The van der Waals surface area contributed by atoms with E-state index in [1.54, 1.807) is 42.7 Å². The number of para-hydroxylation sites is 1. The number of ether oxygens (including phenoxy) is 1. The zero-order valence-corrected chi connectivity index (χ0v) is 16.2. The van der Waals surface area contributed by atoms with E-state index in [1.165, 1.54) is 6.20 Å². The number of halogens is 1. The molecule has 0 aliphatic rings. The maximum atomic E-state index is 13.3. The van der Waals surface area contributed by atoms with Crippen molar-refractivity contribution in [2.45, 2.75) is 6.10 Å². The molecular formula is C22H15BrN2O3. The Morgan fingerprint density at radius 2 is 1.75 bits per heavy atom. The molecule has 0 bridgehead atoms. The summed E-state index contributed by atoms with van der Waals surface area (Å²) >= 11 is 3.29. The molecule has 0 radical (unpaired) electrons. The van der Waals surface area contributed by atoms with Crippen LogP contribution in [0.4, 0.5) is 0 Å². The number of nitrogens with one attached hydrogen (secondary N) is 1. The normalized spacial score (nSPS) is 11.9. The summed E-state index contributed by atoms with van der Waals surface area (Å²) in [5.41, 5.74) is 2.20. The van der Waals surface area contributed by atoms with E-state index in [0.717, 1.165) is 10.9 Å². The third kappa shape index (κ3) is 3.59. The molecule has 138 valence electrons. The van der Waals surface area contributed by atoms with Gasteiger partial charge in [0.15, 0.2) is 6.10 Å². The molecule has 0 saturated heterocycles. The first-order valence-electron chi connectivity index (χ1n) is 8.60. The van der Waals surface area contributed by atoms with Crippen molar-refractivity contribution < 1.29 is 14.3 Å². The fourth-order valence-electron chi connectivity index (χ4n) is 3.02.